The third-order valence-corrected chi connectivity index (χ3v) is 7.21. The highest BCUT2D eigenvalue weighted by Gasteiger charge is 2.34. The Kier molecular flexibility index (Phi) is 8.05. The highest BCUT2D eigenvalue weighted by atomic mass is 32.7. The van der Waals surface area contributed by atoms with E-state index in [0.717, 1.165) is 0 Å². The number of alkyl halides is 1. The Bertz CT molecular complexity index is 849. The Labute approximate surface area is 172 Å². The lowest BCUT2D eigenvalue weighted by molar-refractivity contribution is 0.133. The maximum Gasteiger partial charge on any atom is 0.324 e. The fourth-order valence-corrected chi connectivity index (χ4v) is 4.69. The van der Waals surface area contributed by atoms with E-state index in [1.54, 1.807) is 10.8 Å². The number of imidazole rings is 1. The highest BCUT2D eigenvalue weighted by molar-refractivity contribution is 8.45. The van der Waals surface area contributed by atoms with Gasteiger partial charge in [-0.1, -0.05) is 24.5 Å². The van der Waals surface area contributed by atoms with Crippen molar-refractivity contribution in [2.75, 3.05) is 26.9 Å². The number of nitrogens with zero attached hydrogens (tertiary/aromatic N) is 4. The summed E-state index contributed by atoms with van der Waals surface area (Å²) in [5.41, 5.74) is 1.17. The first kappa shape index (κ1) is 22.3. The Morgan fingerprint density at radius 1 is 1.54 bits per heavy atom. The molecule has 1 fully saturated rings. The zero-order valence-corrected chi connectivity index (χ0v) is 18.4. The second-order valence-electron chi connectivity index (χ2n) is 5.72. The van der Waals surface area contributed by atoms with Crippen LogP contribution in [0.5, 0.6) is 0 Å². The van der Waals surface area contributed by atoms with Crippen LogP contribution in [-0.2, 0) is 36.0 Å². The molecule has 1 aliphatic rings. The highest BCUT2D eigenvalue weighted by Crippen LogP contribution is 2.50. The standard InChI is InChI=1S/C13H20FN5O5P2S2/c1-21-25(27)23-3-2-19-12(18-10-4-15-8-16-13(10)19)5-17-26(20,28)24-11-7-22-6-9(11)14/h4,8-9,11,27H,2-3,5-7H2,1H3,(H2,17,20,28). The Morgan fingerprint density at radius 2 is 2.36 bits per heavy atom. The van der Waals surface area contributed by atoms with Gasteiger partial charge in [0.1, 0.15) is 23.8 Å². The van der Waals surface area contributed by atoms with E-state index >= 15 is 0 Å². The van der Waals surface area contributed by atoms with Crippen molar-refractivity contribution >= 4 is 50.0 Å². The van der Waals surface area contributed by atoms with Gasteiger partial charge in [0.05, 0.1) is 32.6 Å². The van der Waals surface area contributed by atoms with E-state index in [1.807, 2.05) is 0 Å². The van der Waals surface area contributed by atoms with Crippen LogP contribution in [0.25, 0.3) is 11.2 Å². The summed E-state index contributed by atoms with van der Waals surface area (Å²) < 4.78 is 48.7. The third kappa shape index (κ3) is 5.84. The topological polar surface area (TPSA) is 110 Å². The number of rotatable bonds is 10. The average molecular weight is 471 g/mol. The van der Waals surface area contributed by atoms with Gasteiger partial charge in [0.15, 0.2) is 11.8 Å². The molecule has 0 bridgehead atoms. The summed E-state index contributed by atoms with van der Waals surface area (Å²) in [5.74, 6) is 0.525. The maximum absolute atomic E-state index is 13.6. The van der Waals surface area contributed by atoms with Crippen LogP contribution in [-0.4, -0.2) is 58.7 Å². The fraction of sp³-hybridized carbons (Fsp3) is 0.615. The van der Waals surface area contributed by atoms with Crippen molar-refractivity contribution in [1.82, 2.24) is 24.6 Å². The van der Waals surface area contributed by atoms with Gasteiger partial charge in [-0.3, -0.25) is 4.57 Å². The van der Waals surface area contributed by atoms with Crippen molar-refractivity contribution in [3.8, 4) is 0 Å². The predicted octanol–water partition coefficient (Wildman–Crippen LogP) is 2.53. The van der Waals surface area contributed by atoms with Crippen molar-refractivity contribution in [2.45, 2.75) is 25.4 Å². The Hall–Kier alpha value is -0.360. The molecule has 1 aliphatic heterocycles. The molecule has 10 nitrogen and oxygen atoms in total. The van der Waals surface area contributed by atoms with Gasteiger partial charge >= 0.3 is 6.72 Å². The normalized spacial score (nSPS) is 23.1. The van der Waals surface area contributed by atoms with E-state index < -0.39 is 26.6 Å². The second-order valence-corrected chi connectivity index (χ2v) is 10.9. The van der Waals surface area contributed by atoms with Crippen LogP contribution in [0.1, 0.15) is 5.82 Å². The summed E-state index contributed by atoms with van der Waals surface area (Å²) in [5, 5.41) is 2.70. The van der Waals surface area contributed by atoms with Crippen molar-refractivity contribution in [3.05, 3.63) is 18.3 Å². The molecule has 1 N–H and O–H groups in total. The molecule has 2 aromatic rings. The first-order chi connectivity index (χ1) is 13.4. The molecular formula is C13H20FN5O5P2S2. The summed E-state index contributed by atoms with van der Waals surface area (Å²) in [6.07, 6.45) is 0.728. The van der Waals surface area contributed by atoms with Gasteiger partial charge in [-0.15, -0.1) is 0 Å². The molecule has 156 valence electrons. The molecule has 0 aromatic carbocycles. The molecule has 0 spiro atoms. The van der Waals surface area contributed by atoms with Gasteiger partial charge in [-0.25, -0.2) is 24.4 Å². The first-order valence-electron chi connectivity index (χ1n) is 8.19. The number of hydrogen-bond donors (Lipinski definition) is 3. The van der Waals surface area contributed by atoms with Gasteiger partial charge in [-0.2, -0.15) is 0 Å². The van der Waals surface area contributed by atoms with Crippen LogP contribution in [0.3, 0.4) is 0 Å². The summed E-state index contributed by atoms with van der Waals surface area (Å²) in [6, 6.07) is 0. The van der Waals surface area contributed by atoms with E-state index in [-0.39, 0.29) is 19.8 Å². The molecule has 0 aliphatic carbocycles. The lowest BCUT2D eigenvalue weighted by atomic mass is 10.3. The minimum Gasteiger partial charge on any atom is -0.375 e. The minimum atomic E-state index is -3.58. The van der Waals surface area contributed by atoms with E-state index in [9.17, 15) is 8.96 Å². The SMILES string of the molecule is COP(S)OCCn1c(CNP(=O)(S)OC2COCC2F)nc2cncnc21. The van der Waals surface area contributed by atoms with Crippen molar-refractivity contribution in [2.24, 2.45) is 0 Å². The summed E-state index contributed by atoms with van der Waals surface area (Å²) in [4.78, 5) is 12.6. The summed E-state index contributed by atoms with van der Waals surface area (Å²) >= 11 is 8.18. The molecule has 4 atom stereocenters. The zero-order chi connectivity index (χ0) is 20.1. The van der Waals surface area contributed by atoms with E-state index in [1.165, 1.54) is 13.4 Å². The van der Waals surface area contributed by atoms with Crippen LogP contribution in [0, 0.1) is 0 Å². The molecule has 0 saturated carbocycles. The lowest BCUT2D eigenvalue weighted by Crippen LogP contribution is -2.25. The first-order valence-corrected chi connectivity index (χ1v) is 13.3. The van der Waals surface area contributed by atoms with Crippen LogP contribution in [0.15, 0.2) is 12.5 Å². The van der Waals surface area contributed by atoms with Crippen LogP contribution in [0.2, 0.25) is 0 Å². The second kappa shape index (κ2) is 10.1. The molecule has 4 unspecified atom stereocenters. The molecular weight excluding hydrogens is 451 g/mol. The summed E-state index contributed by atoms with van der Waals surface area (Å²) in [7, 11) is 0.246. The van der Waals surface area contributed by atoms with Crippen molar-refractivity contribution in [1.29, 1.82) is 0 Å². The zero-order valence-electron chi connectivity index (χ0n) is 14.8. The molecule has 28 heavy (non-hydrogen) atoms. The number of aromatic nitrogens is 4. The quantitative estimate of drug-likeness (QED) is 0.356. The Morgan fingerprint density at radius 3 is 3.07 bits per heavy atom. The van der Waals surface area contributed by atoms with Gasteiger partial charge in [0.25, 0.3) is 0 Å². The van der Waals surface area contributed by atoms with Crippen LogP contribution >= 0.6 is 38.8 Å². The number of ether oxygens (including phenoxy) is 1. The molecule has 3 heterocycles. The van der Waals surface area contributed by atoms with Gasteiger partial charge in [0, 0.05) is 13.7 Å². The monoisotopic (exact) mass is 471 g/mol. The number of halogens is 1. The summed E-state index contributed by atoms with van der Waals surface area (Å²) in [6.45, 7) is -2.85. The lowest BCUT2D eigenvalue weighted by Gasteiger charge is -2.19. The van der Waals surface area contributed by atoms with Gasteiger partial charge in [-0.05, 0) is 0 Å². The molecule has 0 amide bonds. The number of nitrogens with one attached hydrogen (secondary N) is 1. The number of thiol groups is 2. The van der Waals surface area contributed by atoms with E-state index in [0.29, 0.717) is 30.1 Å². The smallest absolute Gasteiger partial charge is 0.324 e. The molecule has 15 heteroatoms. The largest absolute Gasteiger partial charge is 0.375 e. The van der Waals surface area contributed by atoms with E-state index in [2.05, 4.69) is 44.5 Å². The molecule has 1 saturated heterocycles. The molecule has 2 aromatic heterocycles. The number of hydrogen-bond acceptors (Lipinski definition) is 9. The predicted molar refractivity (Wildman–Crippen MR) is 108 cm³/mol. The fourth-order valence-electron chi connectivity index (χ4n) is 2.55. The molecule has 0 radical (unpaired) electrons. The van der Waals surface area contributed by atoms with Gasteiger partial charge < -0.3 is 22.9 Å². The minimum absolute atomic E-state index is 0.0328. The van der Waals surface area contributed by atoms with Crippen LogP contribution < -0.4 is 5.09 Å². The third-order valence-electron chi connectivity index (χ3n) is 3.84. The van der Waals surface area contributed by atoms with Crippen molar-refractivity contribution in [3.63, 3.8) is 0 Å². The number of fused-ring (bicyclic) bond motifs is 1. The Balaban J connectivity index is 1.69. The van der Waals surface area contributed by atoms with Crippen LogP contribution in [0.4, 0.5) is 4.39 Å². The van der Waals surface area contributed by atoms with Gasteiger partial charge in [0.2, 0.25) is 7.58 Å². The maximum atomic E-state index is 13.6. The van der Waals surface area contributed by atoms with E-state index in [4.69, 9.17) is 18.3 Å². The average Bonchev–Trinajstić information content (AvgIpc) is 3.23. The van der Waals surface area contributed by atoms with Crippen molar-refractivity contribution < 1.29 is 27.3 Å². The molecule has 3 rings (SSSR count).